The SMILES string of the molecule is O=C(NCC1CCCNC1)C1CC2CCC1C2. The predicted octanol–water partition coefficient (Wildman–Crippen LogP) is 1.54. The van der Waals surface area contributed by atoms with E-state index in [1.54, 1.807) is 0 Å². The summed E-state index contributed by atoms with van der Waals surface area (Å²) in [6, 6.07) is 0. The second-order valence-corrected chi connectivity index (χ2v) is 6.24. The van der Waals surface area contributed by atoms with Crippen LogP contribution in [0.25, 0.3) is 0 Å². The molecule has 0 aromatic rings. The number of amides is 1. The number of nitrogens with one attached hydrogen (secondary N) is 2. The normalized spacial score (nSPS) is 40.5. The molecule has 2 bridgehead atoms. The fourth-order valence-corrected chi connectivity index (χ4v) is 4.04. The van der Waals surface area contributed by atoms with E-state index in [1.807, 2.05) is 0 Å². The third kappa shape index (κ3) is 2.49. The van der Waals surface area contributed by atoms with Gasteiger partial charge in [0.15, 0.2) is 0 Å². The van der Waals surface area contributed by atoms with Crippen LogP contribution in [0, 0.1) is 23.7 Å². The van der Waals surface area contributed by atoms with Crippen LogP contribution in [0.15, 0.2) is 0 Å². The number of carbonyl (C=O) groups is 1. The maximum absolute atomic E-state index is 12.1. The van der Waals surface area contributed by atoms with Gasteiger partial charge < -0.3 is 10.6 Å². The van der Waals surface area contributed by atoms with Crippen molar-refractivity contribution in [2.24, 2.45) is 23.7 Å². The third-order valence-corrected chi connectivity index (χ3v) is 5.04. The minimum atomic E-state index is 0.350. The third-order valence-electron chi connectivity index (χ3n) is 5.04. The number of piperidine rings is 1. The smallest absolute Gasteiger partial charge is 0.223 e. The van der Waals surface area contributed by atoms with Crippen LogP contribution in [0.4, 0.5) is 0 Å². The molecule has 1 heterocycles. The van der Waals surface area contributed by atoms with E-state index in [4.69, 9.17) is 0 Å². The molecule has 2 N–H and O–H groups in total. The Morgan fingerprint density at radius 3 is 2.82 bits per heavy atom. The van der Waals surface area contributed by atoms with Crippen molar-refractivity contribution in [3.8, 4) is 0 Å². The summed E-state index contributed by atoms with van der Waals surface area (Å²) < 4.78 is 0. The lowest BCUT2D eigenvalue weighted by Gasteiger charge is -2.25. The van der Waals surface area contributed by atoms with E-state index in [1.165, 1.54) is 38.5 Å². The molecule has 0 aromatic heterocycles. The quantitative estimate of drug-likeness (QED) is 0.780. The van der Waals surface area contributed by atoms with Crippen molar-refractivity contribution in [2.45, 2.75) is 38.5 Å². The van der Waals surface area contributed by atoms with Crippen LogP contribution < -0.4 is 10.6 Å². The monoisotopic (exact) mass is 236 g/mol. The summed E-state index contributed by atoms with van der Waals surface area (Å²) >= 11 is 0. The summed E-state index contributed by atoms with van der Waals surface area (Å²) in [6.07, 6.45) is 7.69. The summed E-state index contributed by atoms with van der Waals surface area (Å²) in [5.41, 5.74) is 0. The van der Waals surface area contributed by atoms with Crippen LogP contribution >= 0.6 is 0 Å². The summed E-state index contributed by atoms with van der Waals surface area (Å²) in [4.78, 5) is 12.1. The molecule has 4 unspecified atom stereocenters. The number of rotatable bonds is 3. The molecule has 3 heteroatoms. The zero-order valence-electron chi connectivity index (χ0n) is 10.6. The molecule has 1 aliphatic heterocycles. The molecular formula is C14H24N2O. The Bertz CT molecular complexity index is 286. The molecule has 1 amide bonds. The molecule has 3 rings (SSSR count). The summed E-state index contributed by atoms with van der Waals surface area (Å²) in [6.45, 7) is 3.12. The lowest BCUT2D eigenvalue weighted by molar-refractivity contribution is -0.126. The van der Waals surface area contributed by atoms with Crippen molar-refractivity contribution in [1.82, 2.24) is 10.6 Å². The minimum absolute atomic E-state index is 0.350. The van der Waals surface area contributed by atoms with Crippen molar-refractivity contribution in [3.63, 3.8) is 0 Å². The molecule has 1 saturated heterocycles. The minimum Gasteiger partial charge on any atom is -0.356 e. The van der Waals surface area contributed by atoms with Crippen molar-refractivity contribution in [3.05, 3.63) is 0 Å². The first kappa shape index (κ1) is 11.5. The zero-order valence-corrected chi connectivity index (χ0v) is 10.6. The first-order chi connectivity index (χ1) is 8.33. The van der Waals surface area contributed by atoms with Gasteiger partial charge in [0.05, 0.1) is 0 Å². The van der Waals surface area contributed by atoms with Crippen molar-refractivity contribution in [1.29, 1.82) is 0 Å². The van der Waals surface area contributed by atoms with Gasteiger partial charge in [-0.15, -0.1) is 0 Å². The number of hydrogen-bond donors (Lipinski definition) is 2. The van der Waals surface area contributed by atoms with Gasteiger partial charge in [0.1, 0.15) is 0 Å². The standard InChI is InChI=1S/C14H24N2O/c17-14(13-7-10-3-4-12(13)6-10)16-9-11-2-1-5-15-8-11/h10-13,15H,1-9H2,(H,16,17). The van der Waals surface area contributed by atoms with Crippen LogP contribution in [-0.2, 0) is 4.79 Å². The molecular weight excluding hydrogens is 212 g/mol. The van der Waals surface area contributed by atoms with Gasteiger partial charge in [-0.25, -0.2) is 0 Å². The average Bonchev–Trinajstić information content (AvgIpc) is 2.99. The summed E-state index contributed by atoms with van der Waals surface area (Å²) in [5, 5.41) is 6.60. The van der Waals surface area contributed by atoms with Crippen LogP contribution in [0.1, 0.15) is 38.5 Å². The Kier molecular flexibility index (Phi) is 3.37. The Morgan fingerprint density at radius 1 is 1.24 bits per heavy atom. The zero-order chi connectivity index (χ0) is 11.7. The second-order valence-electron chi connectivity index (χ2n) is 6.24. The first-order valence-electron chi connectivity index (χ1n) is 7.31. The molecule has 2 aliphatic carbocycles. The Balaban J connectivity index is 1.44. The van der Waals surface area contributed by atoms with Gasteiger partial charge in [0.2, 0.25) is 5.91 Å². The fourth-order valence-electron chi connectivity index (χ4n) is 4.04. The van der Waals surface area contributed by atoms with E-state index < -0.39 is 0 Å². The van der Waals surface area contributed by atoms with E-state index in [2.05, 4.69) is 10.6 Å². The Hall–Kier alpha value is -0.570. The van der Waals surface area contributed by atoms with Crippen LogP contribution in [0.5, 0.6) is 0 Å². The van der Waals surface area contributed by atoms with Crippen molar-refractivity contribution >= 4 is 5.91 Å². The van der Waals surface area contributed by atoms with Crippen molar-refractivity contribution < 1.29 is 4.79 Å². The van der Waals surface area contributed by atoms with E-state index in [0.717, 1.165) is 25.6 Å². The lowest BCUT2D eigenvalue weighted by atomic mass is 9.88. The molecule has 0 spiro atoms. The highest BCUT2D eigenvalue weighted by Gasteiger charge is 2.42. The van der Waals surface area contributed by atoms with E-state index in [0.29, 0.717) is 23.7 Å². The molecule has 0 radical (unpaired) electrons. The summed E-state index contributed by atoms with van der Waals surface area (Å²) in [7, 11) is 0. The first-order valence-corrected chi connectivity index (χ1v) is 7.31. The maximum Gasteiger partial charge on any atom is 0.223 e. The number of fused-ring (bicyclic) bond motifs is 2. The molecule has 3 fully saturated rings. The predicted molar refractivity (Wildman–Crippen MR) is 67.5 cm³/mol. The van der Waals surface area contributed by atoms with Crippen LogP contribution in [0.2, 0.25) is 0 Å². The van der Waals surface area contributed by atoms with E-state index >= 15 is 0 Å². The van der Waals surface area contributed by atoms with Gasteiger partial charge >= 0.3 is 0 Å². The lowest BCUT2D eigenvalue weighted by Crippen LogP contribution is -2.41. The Morgan fingerprint density at radius 2 is 2.18 bits per heavy atom. The van der Waals surface area contributed by atoms with Crippen LogP contribution in [0.3, 0.4) is 0 Å². The van der Waals surface area contributed by atoms with Gasteiger partial charge in [0, 0.05) is 12.5 Å². The molecule has 0 aromatic carbocycles. The number of carbonyl (C=O) groups excluding carboxylic acids is 1. The van der Waals surface area contributed by atoms with E-state index in [-0.39, 0.29) is 0 Å². The average molecular weight is 236 g/mol. The molecule has 2 saturated carbocycles. The number of hydrogen-bond acceptors (Lipinski definition) is 2. The van der Waals surface area contributed by atoms with Gasteiger partial charge in [-0.3, -0.25) is 4.79 Å². The van der Waals surface area contributed by atoms with Gasteiger partial charge in [0.25, 0.3) is 0 Å². The highest BCUT2D eigenvalue weighted by molar-refractivity contribution is 5.79. The van der Waals surface area contributed by atoms with E-state index in [9.17, 15) is 4.79 Å². The van der Waals surface area contributed by atoms with Crippen LogP contribution in [-0.4, -0.2) is 25.5 Å². The molecule has 3 nitrogen and oxygen atoms in total. The summed E-state index contributed by atoms with van der Waals surface area (Å²) in [5.74, 6) is 2.94. The largest absolute Gasteiger partial charge is 0.356 e. The molecule has 4 atom stereocenters. The van der Waals surface area contributed by atoms with Gasteiger partial charge in [-0.1, -0.05) is 6.42 Å². The van der Waals surface area contributed by atoms with Gasteiger partial charge in [-0.05, 0) is 62.9 Å². The van der Waals surface area contributed by atoms with Crippen molar-refractivity contribution in [2.75, 3.05) is 19.6 Å². The Labute approximate surface area is 104 Å². The van der Waals surface area contributed by atoms with Gasteiger partial charge in [-0.2, -0.15) is 0 Å². The molecule has 17 heavy (non-hydrogen) atoms. The maximum atomic E-state index is 12.1. The second kappa shape index (κ2) is 4.97. The fraction of sp³-hybridized carbons (Fsp3) is 0.929. The highest BCUT2D eigenvalue weighted by Crippen LogP contribution is 2.48. The topological polar surface area (TPSA) is 41.1 Å². The molecule has 3 aliphatic rings. The molecule has 96 valence electrons. The highest BCUT2D eigenvalue weighted by atomic mass is 16.1.